The molecule has 1 unspecified atom stereocenters. The van der Waals surface area contributed by atoms with Crippen LogP contribution in [0.1, 0.15) is 35.0 Å². The Hall–Kier alpha value is -3.10. The van der Waals surface area contributed by atoms with Gasteiger partial charge in [0, 0.05) is 17.1 Å². The van der Waals surface area contributed by atoms with Gasteiger partial charge in [-0.05, 0) is 74.5 Å². The van der Waals surface area contributed by atoms with E-state index >= 15 is 0 Å². The molecular weight excluding hydrogens is 441 g/mol. The molecule has 2 N–H and O–H groups in total. The van der Waals surface area contributed by atoms with Crippen LogP contribution in [0, 0.1) is 5.82 Å². The van der Waals surface area contributed by atoms with E-state index in [0.29, 0.717) is 17.8 Å². The van der Waals surface area contributed by atoms with Gasteiger partial charge in [-0.2, -0.15) is 0 Å². The number of anilines is 1. The summed E-state index contributed by atoms with van der Waals surface area (Å²) in [5.41, 5.74) is 1.05. The standard InChI is InChI=1S/C25H26FN3O3S/c26-18-9-11-19(12-10-18)28-24(30)17-33-23-8-2-1-6-20(23)25(31)27-16-21(22-7-5-15-32-22)29-13-3-4-14-29/h1-2,5-12,15,21H,3-4,13-14,16-17H2,(H,27,31)(H,28,30). The van der Waals surface area contributed by atoms with Crippen molar-refractivity contribution >= 4 is 29.3 Å². The maximum absolute atomic E-state index is 13.0. The molecule has 1 aromatic heterocycles. The summed E-state index contributed by atoms with van der Waals surface area (Å²) in [6, 6.07) is 16.6. The summed E-state index contributed by atoms with van der Waals surface area (Å²) in [4.78, 5) is 28.4. The van der Waals surface area contributed by atoms with E-state index in [-0.39, 0.29) is 29.4 Å². The maximum Gasteiger partial charge on any atom is 0.252 e. The second kappa shape index (κ2) is 11.2. The van der Waals surface area contributed by atoms with Crippen molar-refractivity contribution in [2.24, 2.45) is 0 Å². The highest BCUT2D eigenvalue weighted by Gasteiger charge is 2.26. The van der Waals surface area contributed by atoms with Crippen molar-refractivity contribution in [3.05, 3.63) is 84.1 Å². The topological polar surface area (TPSA) is 74.6 Å². The summed E-state index contributed by atoms with van der Waals surface area (Å²) in [5, 5.41) is 5.78. The van der Waals surface area contributed by atoms with Crippen molar-refractivity contribution in [2.75, 3.05) is 30.7 Å². The van der Waals surface area contributed by atoms with Crippen LogP contribution >= 0.6 is 11.8 Å². The number of nitrogens with one attached hydrogen (secondary N) is 2. The minimum atomic E-state index is -0.360. The van der Waals surface area contributed by atoms with Crippen molar-refractivity contribution in [1.29, 1.82) is 0 Å². The molecule has 2 aromatic carbocycles. The lowest BCUT2D eigenvalue weighted by Crippen LogP contribution is -2.36. The Balaban J connectivity index is 1.36. The number of carbonyl (C=O) groups is 2. The highest BCUT2D eigenvalue weighted by Crippen LogP contribution is 2.26. The number of furan rings is 1. The number of hydrogen-bond acceptors (Lipinski definition) is 5. The Morgan fingerprint density at radius 3 is 2.52 bits per heavy atom. The van der Waals surface area contributed by atoms with Gasteiger partial charge in [0.25, 0.3) is 5.91 Å². The highest BCUT2D eigenvalue weighted by atomic mass is 32.2. The number of benzene rings is 2. The molecule has 6 nitrogen and oxygen atoms in total. The largest absolute Gasteiger partial charge is 0.468 e. The fraction of sp³-hybridized carbons (Fsp3) is 0.280. The SMILES string of the molecule is O=C(CSc1ccccc1C(=O)NCC(c1ccco1)N1CCCC1)Nc1ccc(F)cc1. The first kappa shape index (κ1) is 23.1. The van der Waals surface area contributed by atoms with E-state index in [1.807, 2.05) is 30.3 Å². The van der Waals surface area contributed by atoms with Gasteiger partial charge in [-0.1, -0.05) is 12.1 Å². The lowest BCUT2D eigenvalue weighted by molar-refractivity contribution is -0.113. The van der Waals surface area contributed by atoms with Crippen LogP contribution in [0.15, 0.2) is 76.2 Å². The van der Waals surface area contributed by atoms with Crippen molar-refractivity contribution in [3.8, 4) is 0 Å². The lowest BCUT2D eigenvalue weighted by atomic mass is 10.1. The molecule has 1 saturated heterocycles. The number of amides is 2. The Kier molecular flexibility index (Phi) is 7.80. The molecule has 1 fully saturated rings. The number of nitrogens with zero attached hydrogens (tertiary/aromatic N) is 1. The predicted molar refractivity (Wildman–Crippen MR) is 127 cm³/mol. The van der Waals surface area contributed by atoms with Gasteiger partial charge in [0.2, 0.25) is 5.91 Å². The predicted octanol–water partition coefficient (Wildman–Crippen LogP) is 4.72. The van der Waals surface area contributed by atoms with Crippen LogP contribution in [-0.4, -0.2) is 42.1 Å². The molecule has 8 heteroatoms. The van der Waals surface area contributed by atoms with Gasteiger partial charge in [0.05, 0.1) is 23.6 Å². The third-order valence-corrected chi connectivity index (χ3v) is 6.60. The molecule has 0 bridgehead atoms. The first-order valence-electron chi connectivity index (χ1n) is 10.9. The van der Waals surface area contributed by atoms with Crippen LogP contribution in [0.4, 0.5) is 10.1 Å². The van der Waals surface area contributed by atoms with E-state index in [9.17, 15) is 14.0 Å². The number of halogens is 1. The summed E-state index contributed by atoms with van der Waals surface area (Å²) in [5.74, 6) is 0.199. The number of likely N-dealkylation sites (tertiary alicyclic amines) is 1. The van der Waals surface area contributed by atoms with Gasteiger partial charge in [-0.15, -0.1) is 11.8 Å². The summed E-state index contributed by atoms with van der Waals surface area (Å²) >= 11 is 1.29. The van der Waals surface area contributed by atoms with E-state index in [1.165, 1.54) is 36.0 Å². The molecule has 0 aliphatic carbocycles. The fourth-order valence-electron chi connectivity index (χ4n) is 3.88. The third-order valence-electron chi connectivity index (χ3n) is 5.53. The van der Waals surface area contributed by atoms with Gasteiger partial charge >= 0.3 is 0 Å². The van der Waals surface area contributed by atoms with Gasteiger partial charge in [0.15, 0.2) is 0 Å². The molecule has 1 atom stereocenters. The van der Waals surface area contributed by atoms with Gasteiger partial charge in [0.1, 0.15) is 11.6 Å². The van der Waals surface area contributed by atoms with Crippen LogP contribution in [0.5, 0.6) is 0 Å². The molecule has 172 valence electrons. The monoisotopic (exact) mass is 467 g/mol. The smallest absolute Gasteiger partial charge is 0.252 e. The van der Waals surface area contributed by atoms with E-state index in [1.54, 1.807) is 12.3 Å². The number of carbonyl (C=O) groups excluding carboxylic acids is 2. The normalized spacial score (nSPS) is 14.7. The Morgan fingerprint density at radius 1 is 1.03 bits per heavy atom. The molecule has 4 rings (SSSR count). The second-order valence-corrected chi connectivity index (χ2v) is 8.84. The van der Waals surface area contributed by atoms with Crippen molar-refractivity contribution in [2.45, 2.75) is 23.8 Å². The Labute approximate surface area is 196 Å². The summed E-state index contributed by atoms with van der Waals surface area (Å²) in [6.07, 6.45) is 3.94. The van der Waals surface area contributed by atoms with E-state index in [0.717, 1.165) is 36.6 Å². The van der Waals surface area contributed by atoms with Crippen LogP contribution in [0.25, 0.3) is 0 Å². The second-order valence-electron chi connectivity index (χ2n) is 7.82. The molecule has 0 radical (unpaired) electrons. The average molecular weight is 468 g/mol. The van der Waals surface area contributed by atoms with Crippen LogP contribution in [0.3, 0.4) is 0 Å². The fourth-order valence-corrected chi connectivity index (χ4v) is 4.73. The maximum atomic E-state index is 13.0. The molecule has 33 heavy (non-hydrogen) atoms. The van der Waals surface area contributed by atoms with E-state index < -0.39 is 0 Å². The molecule has 3 aromatic rings. The molecule has 1 aliphatic rings. The summed E-state index contributed by atoms with van der Waals surface area (Å²) in [7, 11) is 0. The molecule has 1 aliphatic heterocycles. The van der Waals surface area contributed by atoms with E-state index in [4.69, 9.17) is 4.42 Å². The molecule has 0 saturated carbocycles. The molecule has 0 spiro atoms. The quantitative estimate of drug-likeness (QED) is 0.446. The van der Waals surface area contributed by atoms with E-state index in [2.05, 4.69) is 15.5 Å². The highest BCUT2D eigenvalue weighted by molar-refractivity contribution is 8.00. The summed E-state index contributed by atoms with van der Waals surface area (Å²) < 4.78 is 18.7. The first-order valence-corrected chi connectivity index (χ1v) is 11.9. The van der Waals surface area contributed by atoms with Crippen LogP contribution < -0.4 is 10.6 Å². The lowest BCUT2D eigenvalue weighted by Gasteiger charge is -2.26. The zero-order valence-corrected chi connectivity index (χ0v) is 18.9. The van der Waals surface area contributed by atoms with Gasteiger partial charge in [-0.3, -0.25) is 14.5 Å². The number of thioether (sulfide) groups is 1. The zero-order chi connectivity index (χ0) is 23.0. The van der Waals surface area contributed by atoms with Crippen LogP contribution in [0.2, 0.25) is 0 Å². The summed E-state index contributed by atoms with van der Waals surface area (Å²) in [6.45, 7) is 2.41. The van der Waals surface area contributed by atoms with Gasteiger partial charge in [-0.25, -0.2) is 4.39 Å². The van der Waals surface area contributed by atoms with Crippen molar-refractivity contribution in [3.63, 3.8) is 0 Å². The average Bonchev–Trinajstić information content (AvgIpc) is 3.55. The Morgan fingerprint density at radius 2 is 1.79 bits per heavy atom. The molecule has 2 amide bonds. The molecule has 2 heterocycles. The number of rotatable bonds is 9. The number of hydrogen-bond donors (Lipinski definition) is 2. The van der Waals surface area contributed by atoms with Crippen molar-refractivity contribution < 1.29 is 18.4 Å². The first-order chi connectivity index (χ1) is 16.1. The zero-order valence-electron chi connectivity index (χ0n) is 18.1. The van der Waals surface area contributed by atoms with Crippen LogP contribution in [-0.2, 0) is 4.79 Å². The minimum Gasteiger partial charge on any atom is -0.468 e. The van der Waals surface area contributed by atoms with Crippen molar-refractivity contribution in [1.82, 2.24) is 10.2 Å². The van der Waals surface area contributed by atoms with Gasteiger partial charge < -0.3 is 15.1 Å². The molecular formula is C25H26FN3O3S. The Bertz CT molecular complexity index is 1070. The third kappa shape index (κ3) is 6.24. The minimum absolute atomic E-state index is 0.00671.